The molecule has 1 saturated heterocycles. The third kappa shape index (κ3) is 4.53. The van der Waals surface area contributed by atoms with Crippen molar-refractivity contribution in [2.24, 2.45) is 0 Å². The van der Waals surface area contributed by atoms with Crippen molar-refractivity contribution < 1.29 is 9.59 Å². The highest BCUT2D eigenvalue weighted by Crippen LogP contribution is 2.43. The van der Waals surface area contributed by atoms with E-state index < -0.39 is 0 Å². The Hall–Kier alpha value is -2.27. The van der Waals surface area contributed by atoms with Gasteiger partial charge in [0.05, 0.1) is 5.75 Å². The molecule has 4 nitrogen and oxygen atoms in total. The van der Waals surface area contributed by atoms with Crippen LogP contribution in [0.4, 0.5) is 11.4 Å². The molecule has 1 aliphatic rings. The molecule has 5 heteroatoms. The Bertz CT molecular complexity index is 850. The molecule has 0 bridgehead atoms. The molecule has 0 unspecified atom stereocenters. The van der Waals surface area contributed by atoms with E-state index in [1.807, 2.05) is 48.2 Å². The number of carbonyl (C=O) groups excluding carboxylic acids is 2. The number of anilines is 2. The summed E-state index contributed by atoms with van der Waals surface area (Å²) in [5.74, 6) is 0.621. The number of nitrogens with one attached hydrogen (secondary N) is 1. The van der Waals surface area contributed by atoms with E-state index in [2.05, 4.69) is 25.2 Å². The molecule has 1 fully saturated rings. The minimum Gasteiger partial charge on any atom is -0.326 e. The maximum Gasteiger partial charge on any atom is 0.238 e. The standard InChI is InChI=1S/C22H26N2O2S/c1-4-5-9-20(25)23-18-8-6-7-17(13-18)22-24(21(26)14-27-22)19-11-10-15(2)12-16(19)3/h6-8,10-13,22H,4-5,9,14H2,1-3H3,(H,23,25)/t22-/m1/s1. The van der Waals surface area contributed by atoms with Crippen LogP contribution in [0.5, 0.6) is 0 Å². The zero-order valence-corrected chi connectivity index (χ0v) is 16.9. The Morgan fingerprint density at radius 2 is 2.04 bits per heavy atom. The summed E-state index contributed by atoms with van der Waals surface area (Å²) in [6, 6.07) is 14.0. The first kappa shape index (κ1) is 19.5. The van der Waals surface area contributed by atoms with E-state index in [9.17, 15) is 9.59 Å². The number of amides is 2. The molecule has 27 heavy (non-hydrogen) atoms. The van der Waals surface area contributed by atoms with Gasteiger partial charge in [-0.2, -0.15) is 0 Å². The minimum absolute atomic E-state index is 0.0374. The van der Waals surface area contributed by atoms with Gasteiger partial charge in [-0.3, -0.25) is 14.5 Å². The van der Waals surface area contributed by atoms with Gasteiger partial charge in [0.1, 0.15) is 5.37 Å². The molecule has 1 N–H and O–H groups in total. The number of nitrogens with zero attached hydrogens (tertiary/aromatic N) is 1. The molecule has 0 radical (unpaired) electrons. The number of aryl methyl sites for hydroxylation is 2. The van der Waals surface area contributed by atoms with Gasteiger partial charge in [0.25, 0.3) is 0 Å². The van der Waals surface area contributed by atoms with Gasteiger partial charge in [0.2, 0.25) is 11.8 Å². The van der Waals surface area contributed by atoms with Crippen molar-refractivity contribution in [3.63, 3.8) is 0 Å². The van der Waals surface area contributed by atoms with E-state index in [1.54, 1.807) is 11.8 Å². The topological polar surface area (TPSA) is 49.4 Å². The second kappa shape index (κ2) is 8.61. The van der Waals surface area contributed by atoms with Crippen LogP contribution >= 0.6 is 11.8 Å². The number of unbranched alkanes of at least 4 members (excludes halogenated alkanes) is 1. The highest BCUT2D eigenvalue weighted by atomic mass is 32.2. The van der Waals surface area contributed by atoms with E-state index in [4.69, 9.17) is 0 Å². The molecule has 2 aromatic carbocycles. The van der Waals surface area contributed by atoms with Gasteiger partial charge < -0.3 is 5.32 Å². The highest BCUT2D eigenvalue weighted by Gasteiger charge is 2.34. The monoisotopic (exact) mass is 382 g/mol. The van der Waals surface area contributed by atoms with Crippen molar-refractivity contribution in [3.05, 3.63) is 59.2 Å². The smallest absolute Gasteiger partial charge is 0.238 e. The Morgan fingerprint density at radius 1 is 1.22 bits per heavy atom. The Morgan fingerprint density at radius 3 is 2.78 bits per heavy atom. The van der Waals surface area contributed by atoms with E-state index >= 15 is 0 Å². The lowest BCUT2D eigenvalue weighted by atomic mass is 10.1. The maximum absolute atomic E-state index is 12.6. The van der Waals surface area contributed by atoms with Crippen LogP contribution in [0.25, 0.3) is 0 Å². The summed E-state index contributed by atoms with van der Waals surface area (Å²) < 4.78 is 0. The van der Waals surface area contributed by atoms with Crippen molar-refractivity contribution in [1.82, 2.24) is 0 Å². The van der Waals surface area contributed by atoms with Crippen molar-refractivity contribution >= 4 is 35.0 Å². The van der Waals surface area contributed by atoms with Crippen LogP contribution in [0.15, 0.2) is 42.5 Å². The van der Waals surface area contributed by atoms with Crippen LogP contribution in [-0.2, 0) is 9.59 Å². The van der Waals surface area contributed by atoms with Gasteiger partial charge in [0.15, 0.2) is 0 Å². The van der Waals surface area contributed by atoms with Crippen LogP contribution < -0.4 is 10.2 Å². The van der Waals surface area contributed by atoms with Gasteiger partial charge in [-0.1, -0.05) is 43.2 Å². The molecule has 1 aliphatic heterocycles. The van der Waals surface area contributed by atoms with Crippen LogP contribution in [0.1, 0.15) is 48.3 Å². The summed E-state index contributed by atoms with van der Waals surface area (Å²) >= 11 is 1.62. The first-order valence-corrected chi connectivity index (χ1v) is 10.4. The molecule has 3 rings (SSSR count). The molecule has 2 amide bonds. The SMILES string of the molecule is CCCCC(=O)Nc1cccc([C@H]2SCC(=O)N2c2ccc(C)cc2C)c1. The molecule has 0 aromatic heterocycles. The van der Waals surface area contributed by atoms with Gasteiger partial charge in [-0.25, -0.2) is 0 Å². The highest BCUT2D eigenvalue weighted by molar-refractivity contribution is 8.00. The molecule has 2 aromatic rings. The Kier molecular flexibility index (Phi) is 6.22. The van der Waals surface area contributed by atoms with E-state index in [0.717, 1.165) is 35.3 Å². The lowest BCUT2D eigenvalue weighted by Gasteiger charge is -2.26. The summed E-state index contributed by atoms with van der Waals surface area (Å²) in [5.41, 5.74) is 5.05. The average molecular weight is 383 g/mol. The Balaban J connectivity index is 1.85. The summed E-state index contributed by atoms with van der Waals surface area (Å²) in [6.07, 6.45) is 2.42. The summed E-state index contributed by atoms with van der Waals surface area (Å²) in [7, 11) is 0. The number of carbonyl (C=O) groups is 2. The van der Waals surface area contributed by atoms with Crippen molar-refractivity contribution in [2.45, 2.75) is 45.4 Å². The third-order valence-corrected chi connectivity index (χ3v) is 5.90. The number of thioether (sulfide) groups is 1. The summed E-state index contributed by atoms with van der Waals surface area (Å²) in [5, 5.41) is 2.90. The van der Waals surface area contributed by atoms with E-state index in [-0.39, 0.29) is 17.2 Å². The number of hydrogen-bond acceptors (Lipinski definition) is 3. The first-order valence-electron chi connectivity index (χ1n) is 9.40. The molecule has 142 valence electrons. The van der Waals surface area contributed by atoms with Gasteiger partial charge in [-0.15, -0.1) is 11.8 Å². The molecule has 0 saturated carbocycles. The predicted octanol–water partition coefficient (Wildman–Crippen LogP) is 5.21. The zero-order chi connectivity index (χ0) is 19.4. The fraction of sp³-hybridized carbons (Fsp3) is 0.364. The maximum atomic E-state index is 12.6. The van der Waals surface area contributed by atoms with E-state index in [1.165, 1.54) is 5.56 Å². The average Bonchev–Trinajstić information content (AvgIpc) is 3.02. The van der Waals surface area contributed by atoms with Crippen LogP contribution in [0.3, 0.4) is 0 Å². The molecular weight excluding hydrogens is 356 g/mol. The number of benzene rings is 2. The van der Waals surface area contributed by atoms with Gasteiger partial charge in [0, 0.05) is 17.8 Å². The molecular formula is C22H26N2O2S. The van der Waals surface area contributed by atoms with Crippen molar-refractivity contribution in [2.75, 3.05) is 16.0 Å². The van der Waals surface area contributed by atoms with Crippen LogP contribution in [0, 0.1) is 13.8 Å². The normalized spacial score (nSPS) is 16.6. The quantitative estimate of drug-likeness (QED) is 0.746. The lowest BCUT2D eigenvalue weighted by Crippen LogP contribution is -2.28. The second-order valence-corrected chi connectivity index (χ2v) is 8.06. The van der Waals surface area contributed by atoms with Crippen molar-refractivity contribution in [3.8, 4) is 0 Å². The van der Waals surface area contributed by atoms with Crippen molar-refractivity contribution in [1.29, 1.82) is 0 Å². The first-order chi connectivity index (χ1) is 13.0. The van der Waals surface area contributed by atoms with E-state index in [0.29, 0.717) is 12.2 Å². The fourth-order valence-electron chi connectivity index (χ4n) is 3.34. The lowest BCUT2D eigenvalue weighted by molar-refractivity contribution is -0.117. The van der Waals surface area contributed by atoms with Gasteiger partial charge in [-0.05, 0) is 49.6 Å². The molecule has 0 spiro atoms. The minimum atomic E-state index is -0.0774. The number of hydrogen-bond donors (Lipinski definition) is 1. The van der Waals surface area contributed by atoms with Crippen LogP contribution in [-0.4, -0.2) is 17.6 Å². The number of rotatable bonds is 6. The summed E-state index contributed by atoms with van der Waals surface area (Å²) in [4.78, 5) is 26.5. The molecule has 1 heterocycles. The molecule has 0 aliphatic carbocycles. The fourth-order valence-corrected chi connectivity index (χ4v) is 4.50. The van der Waals surface area contributed by atoms with Crippen LogP contribution in [0.2, 0.25) is 0 Å². The summed E-state index contributed by atoms with van der Waals surface area (Å²) in [6.45, 7) is 6.17. The zero-order valence-electron chi connectivity index (χ0n) is 16.1. The third-order valence-electron chi connectivity index (χ3n) is 4.69. The second-order valence-electron chi connectivity index (χ2n) is 6.99. The molecule has 1 atom stereocenters. The Labute approximate surface area is 165 Å². The largest absolute Gasteiger partial charge is 0.326 e. The van der Waals surface area contributed by atoms with Gasteiger partial charge >= 0.3 is 0 Å². The predicted molar refractivity (Wildman–Crippen MR) is 113 cm³/mol.